The molecule has 1 aromatic rings. The molecular weight excluding hydrogens is 360 g/mol. The predicted molar refractivity (Wildman–Crippen MR) is 54.5 cm³/mol. The van der Waals surface area contributed by atoms with Crippen LogP contribution in [-0.2, 0) is 0 Å². The maximum atomic E-state index is 9.18. The maximum Gasteiger partial charge on any atom is 0.202 e. The second-order valence-corrected chi connectivity index (χ2v) is 4.37. The summed E-state index contributed by atoms with van der Waals surface area (Å²) in [4.78, 5) is 0. The number of hydrogen-bond donors (Lipinski definition) is 3. The number of aromatic hydroxyl groups is 3. The molecule has 0 spiro atoms. The average molecular weight is 363 g/mol. The normalized spacial score (nSPS) is 10.2. The van der Waals surface area contributed by atoms with Crippen molar-refractivity contribution < 1.29 is 15.3 Å². The summed E-state index contributed by atoms with van der Waals surface area (Å²) in [5.74, 6) is -1.36. The molecule has 1 aromatic carbocycles. The summed E-state index contributed by atoms with van der Waals surface area (Å²) in [6.07, 6.45) is 0. The minimum absolute atomic E-state index is 0.282. The van der Waals surface area contributed by atoms with Gasteiger partial charge in [-0.2, -0.15) is 0 Å². The van der Waals surface area contributed by atoms with Crippen LogP contribution in [0.25, 0.3) is 0 Å². The second kappa shape index (κ2) is 3.43. The van der Waals surface area contributed by atoms with Gasteiger partial charge in [-0.15, -0.1) is 0 Å². The molecule has 0 fully saturated rings. The molecule has 66 valence electrons. The van der Waals surface area contributed by atoms with Crippen molar-refractivity contribution in [1.82, 2.24) is 0 Å². The van der Waals surface area contributed by atoms with Gasteiger partial charge in [0.25, 0.3) is 0 Å². The lowest BCUT2D eigenvalue weighted by atomic mass is 10.3. The Morgan fingerprint density at radius 1 is 0.583 bits per heavy atom. The molecule has 0 heterocycles. The third-order valence-corrected chi connectivity index (χ3v) is 4.65. The molecule has 0 radical (unpaired) electrons. The minimum Gasteiger partial charge on any atom is -0.503 e. The average Bonchev–Trinajstić information content (AvgIpc) is 2.08. The van der Waals surface area contributed by atoms with E-state index in [2.05, 4.69) is 47.8 Å². The van der Waals surface area contributed by atoms with Crippen LogP contribution < -0.4 is 0 Å². The third-order valence-electron chi connectivity index (χ3n) is 1.25. The van der Waals surface area contributed by atoms with Crippen LogP contribution in [-0.4, -0.2) is 15.3 Å². The van der Waals surface area contributed by atoms with Gasteiger partial charge in [-0.25, -0.2) is 0 Å². The Morgan fingerprint density at radius 2 is 0.917 bits per heavy atom. The van der Waals surface area contributed by atoms with Gasteiger partial charge >= 0.3 is 0 Å². The molecule has 0 aliphatic rings. The van der Waals surface area contributed by atoms with E-state index in [0.717, 1.165) is 0 Å². The van der Waals surface area contributed by atoms with Gasteiger partial charge in [-0.3, -0.25) is 0 Å². The summed E-state index contributed by atoms with van der Waals surface area (Å²) in [7, 11) is 0. The van der Waals surface area contributed by atoms with E-state index in [1.165, 1.54) is 0 Å². The van der Waals surface area contributed by atoms with Gasteiger partial charge in [0.2, 0.25) is 5.75 Å². The van der Waals surface area contributed by atoms with Crippen LogP contribution in [0.1, 0.15) is 0 Å². The Hall–Kier alpha value is 0.0600. The van der Waals surface area contributed by atoms with Crippen LogP contribution >= 0.6 is 47.8 Å². The van der Waals surface area contributed by atoms with Gasteiger partial charge < -0.3 is 15.3 Å². The first-order valence-corrected chi connectivity index (χ1v) is 5.12. The highest BCUT2D eigenvalue weighted by Crippen LogP contribution is 2.50. The molecule has 12 heavy (non-hydrogen) atoms. The smallest absolute Gasteiger partial charge is 0.202 e. The van der Waals surface area contributed by atoms with Gasteiger partial charge in [-0.05, 0) is 47.8 Å². The lowest BCUT2D eigenvalue weighted by molar-refractivity contribution is 0.364. The molecule has 1 rings (SSSR count). The SMILES string of the molecule is Oc1c(O)c(Br)c(Br)c(Br)c1O. The molecule has 0 bridgehead atoms. The second-order valence-electron chi connectivity index (χ2n) is 1.99. The van der Waals surface area contributed by atoms with Gasteiger partial charge in [0, 0.05) is 0 Å². The fourth-order valence-electron chi connectivity index (χ4n) is 0.624. The van der Waals surface area contributed by atoms with E-state index in [1.54, 1.807) is 0 Å². The summed E-state index contributed by atoms with van der Waals surface area (Å²) in [5, 5.41) is 27.5. The van der Waals surface area contributed by atoms with Crippen LogP contribution in [0.3, 0.4) is 0 Å². The molecule has 6 heteroatoms. The van der Waals surface area contributed by atoms with Crippen molar-refractivity contribution in [2.45, 2.75) is 0 Å². The highest BCUT2D eigenvalue weighted by atomic mass is 79.9. The van der Waals surface area contributed by atoms with Crippen LogP contribution in [0.2, 0.25) is 0 Å². The summed E-state index contributed by atoms with van der Waals surface area (Å²) < 4.78 is 1.00. The van der Waals surface area contributed by atoms with E-state index >= 15 is 0 Å². The van der Waals surface area contributed by atoms with Crippen LogP contribution in [0, 0.1) is 0 Å². The van der Waals surface area contributed by atoms with Crippen LogP contribution in [0.4, 0.5) is 0 Å². The zero-order chi connectivity index (χ0) is 9.46. The molecule has 0 aliphatic carbocycles. The molecule has 0 amide bonds. The van der Waals surface area contributed by atoms with E-state index < -0.39 is 17.2 Å². The molecular formula is C6H3Br3O3. The monoisotopic (exact) mass is 360 g/mol. The van der Waals surface area contributed by atoms with Crippen molar-refractivity contribution in [2.24, 2.45) is 0 Å². The fourth-order valence-corrected chi connectivity index (χ4v) is 2.04. The highest BCUT2D eigenvalue weighted by molar-refractivity contribution is 9.14. The zero-order valence-electron chi connectivity index (χ0n) is 5.48. The van der Waals surface area contributed by atoms with Crippen molar-refractivity contribution >= 4 is 47.8 Å². The number of phenolic OH excluding ortho intramolecular Hbond substituents is 3. The van der Waals surface area contributed by atoms with Crippen molar-refractivity contribution in [1.29, 1.82) is 0 Å². The quantitative estimate of drug-likeness (QED) is 0.491. The van der Waals surface area contributed by atoms with E-state index in [4.69, 9.17) is 5.11 Å². The standard InChI is InChI=1S/C6H3Br3O3/c7-1-2(8)4(10)6(12)5(11)3(1)9/h10-12H. The Bertz CT molecular complexity index is 232. The van der Waals surface area contributed by atoms with E-state index in [9.17, 15) is 10.2 Å². The number of halogens is 3. The summed E-state index contributed by atoms with van der Waals surface area (Å²) in [6.45, 7) is 0. The molecule has 0 saturated carbocycles. The topological polar surface area (TPSA) is 60.7 Å². The van der Waals surface area contributed by atoms with Gasteiger partial charge in [0.15, 0.2) is 11.5 Å². The molecule has 0 unspecified atom stereocenters. The largest absolute Gasteiger partial charge is 0.503 e. The first kappa shape index (κ1) is 10.1. The van der Waals surface area contributed by atoms with Gasteiger partial charge in [0.05, 0.1) is 13.4 Å². The summed E-state index contributed by atoms with van der Waals surface area (Å²) in [5.41, 5.74) is 0. The van der Waals surface area contributed by atoms with Gasteiger partial charge in [-0.1, -0.05) is 0 Å². The predicted octanol–water partition coefficient (Wildman–Crippen LogP) is 3.09. The Morgan fingerprint density at radius 3 is 1.25 bits per heavy atom. The van der Waals surface area contributed by atoms with Crippen molar-refractivity contribution in [3.05, 3.63) is 13.4 Å². The van der Waals surface area contributed by atoms with Gasteiger partial charge in [0.1, 0.15) is 0 Å². The number of benzene rings is 1. The van der Waals surface area contributed by atoms with E-state index in [1.807, 2.05) is 0 Å². The van der Waals surface area contributed by atoms with Crippen LogP contribution in [0.5, 0.6) is 17.2 Å². The minimum atomic E-state index is -0.558. The Balaban J connectivity index is 3.60. The van der Waals surface area contributed by atoms with E-state index in [0.29, 0.717) is 4.47 Å². The highest BCUT2D eigenvalue weighted by Gasteiger charge is 2.18. The van der Waals surface area contributed by atoms with E-state index in [-0.39, 0.29) is 8.95 Å². The lowest BCUT2D eigenvalue weighted by Crippen LogP contribution is -1.79. The lowest BCUT2D eigenvalue weighted by Gasteiger charge is -2.07. The summed E-state index contributed by atoms with van der Waals surface area (Å²) >= 11 is 9.12. The summed E-state index contributed by atoms with van der Waals surface area (Å²) in [6, 6.07) is 0. The zero-order valence-corrected chi connectivity index (χ0v) is 10.2. The molecule has 0 atom stereocenters. The molecule has 3 nitrogen and oxygen atoms in total. The fraction of sp³-hybridized carbons (Fsp3) is 0. The first-order chi connectivity index (χ1) is 5.46. The first-order valence-electron chi connectivity index (χ1n) is 2.74. The number of hydrogen-bond acceptors (Lipinski definition) is 3. The Kier molecular flexibility index (Phi) is 2.90. The number of rotatable bonds is 0. The van der Waals surface area contributed by atoms with Crippen molar-refractivity contribution in [3.8, 4) is 17.2 Å². The molecule has 3 N–H and O–H groups in total. The van der Waals surface area contributed by atoms with Crippen LogP contribution in [0.15, 0.2) is 13.4 Å². The Labute approximate surface area is 93.4 Å². The van der Waals surface area contributed by atoms with Crippen molar-refractivity contribution in [3.63, 3.8) is 0 Å². The maximum absolute atomic E-state index is 9.18. The van der Waals surface area contributed by atoms with Crippen molar-refractivity contribution in [2.75, 3.05) is 0 Å². The number of phenols is 3. The molecule has 0 saturated heterocycles. The molecule has 0 aromatic heterocycles. The third kappa shape index (κ3) is 1.43. The molecule has 0 aliphatic heterocycles.